The van der Waals surface area contributed by atoms with Crippen LogP contribution in [-0.2, 0) is 4.79 Å². The molecule has 3 rings (SSSR count). The summed E-state index contributed by atoms with van der Waals surface area (Å²) in [7, 11) is 0. The number of amides is 1. The number of rotatable bonds is 3. The van der Waals surface area contributed by atoms with Gasteiger partial charge in [0.2, 0.25) is 5.91 Å². The molecule has 1 N–H and O–H groups in total. The Morgan fingerprint density at radius 2 is 2.33 bits per heavy atom. The van der Waals surface area contributed by atoms with Gasteiger partial charge in [0, 0.05) is 18.0 Å². The minimum atomic E-state index is 0.0132. The summed E-state index contributed by atoms with van der Waals surface area (Å²) in [5.41, 5.74) is 1.08. The molecule has 92 valence electrons. The SMILES string of the molecule is Cc1ccc(NC(=O)[C@H]2C[C@@H]2c2ccco2)nc1. The standard InChI is InChI=1S/C14H14N2O2/c1-9-4-5-13(15-8-9)16-14(17)11-7-10(11)12-3-2-6-18-12/h2-6,8,10-11H,7H2,1H3,(H,15,16,17)/t10-,11-/m0/s1. The molecule has 0 spiro atoms. The molecule has 0 bridgehead atoms. The number of furan rings is 1. The molecule has 2 aromatic heterocycles. The van der Waals surface area contributed by atoms with E-state index in [9.17, 15) is 4.79 Å². The Bertz CT molecular complexity index is 546. The highest BCUT2D eigenvalue weighted by molar-refractivity contribution is 5.94. The van der Waals surface area contributed by atoms with E-state index in [-0.39, 0.29) is 17.7 Å². The molecule has 0 aliphatic heterocycles. The molecule has 0 saturated heterocycles. The number of nitrogens with zero attached hydrogens (tertiary/aromatic N) is 1. The van der Waals surface area contributed by atoms with Crippen molar-refractivity contribution in [2.75, 3.05) is 5.32 Å². The van der Waals surface area contributed by atoms with Gasteiger partial charge in [-0.1, -0.05) is 6.07 Å². The van der Waals surface area contributed by atoms with Crippen molar-refractivity contribution in [1.82, 2.24) is 4.98 Å². The van der Waals surface area contributed by atoms with Gasteiger partial charge in [0.1, 0.15) is 11.6 Å². The average Bonchev–Trinajstić information content (AvgIpc) is 2.99. The Morgan fingerprint density at radius 3 is 3.00 bits per heavy atom. The van der Waals surface area contributed by atoms with Crippen molar-refractivity contribution in [3.63, 3.8) is 0 Å². The summed E-state index contributed by atoms with van der Waals surface area (Å²) in [6, 6.07) is 7.52. The molecule has 1 aliphatic carbocycles. The second kappa shape index (κ2) is 4.29. The zero-order valence-electron chi connectivity index (χ0n) is 10.1. The normalized spacial score (nSPS) is 21.6. The minimum absolute atomic E-state index is 0.0132. The maximum absolute atomic E-state index is 12.0. The zero-order chi connectivity index (χ0) is 12.5. The van der Waals surface area contributed by atoms with Crippen molar-refractivity contribution in [3.05, 3.63) is 48.0 Å². The minimum Gasteiger partial charge on any atom is -0.469 e. The number of aromatic nitrogens is 1. The summed E-state index contributed by atoms with van der Waals surface area (Å²) in [5.74, 6) is 1.76. The van der Waals surface area contributed by atoms with E-state index in [0.29, 0.717) is 5.82 Å². The van der Waals surface area contributed by atoms with Crippen molar-refractivity contribution in [1.29, 1.82) is 0 Å². The Kier molecular flexibility index (Phi) is 2.63. The van der Waals surface area contributed by atoms with Gasteiger partial charge in [-0.15, -0.1) is 0 Å². The fourth-order valence-electron chi connectivity index (χ4n) is 2.06. The van der Waals surface area contributed by atoms with Crippen molar-refractivity contribution in [3.8, 4) is 0 Å². The largest absolute Gasteiger partial charge is 0.469 e. The molecule has 0 radical (unpaired) electrons. The summed E-state index contributed by atoms with van der Waals surface area (Å²) >= 11 is 0. The second-order valence-corrected chi connectivity index (χ2v) is 4.67. The lowest BCUT2D eigenvalue weighted by atomic mass is 10.2. The van der Waals surface area contributed by atoms with Crippen molar-refractivity contribution >= 4 is 11.7 Å². The third kappa shape index (κ3) is 2.14. The van der Waals surface area contributed by atoms with Gasteiger partial charge in [0.05, 0.1) is 6.26 Å². The van der Waals surface area contributed by atoms with Crippen LogP contribution in [0.25, 0.3) is 0 Å². The van der Waals surface area contributed by atoms with E-state index in [2.05, 4.69) is 10.3 Å². The third-order valence-electron chi connectivity index (χ3n) is 3.20. The van der Waals surface area contributed by atoms with Gasteiger partial charge in [0.25, 0.3) is 0 Å². The number of carbonyl (C=O) groups is 1. The number of hydrogen-bond donors (Lipinski definition) is 1. The average molecular weight is 242 g/mol. The summed E-state index contributed by atoms with van der Waals surface area (Å²) < 4.78 is 5.31. The number of anilines is 1. The van der Waals surface area contributed by atoms with Crippen LogP contribution in [-0.4, -0.2) is 10.9 Å². The van der Waals surface area contributed by atoms with Crippen LogP contribution in [0.5, 0.6) is 0 Å². The molecule has 1 saturated carbocycles. The fraction of sp³-hybridized carbons (Fsp3) is 0.286. The van der Waals surface area contributed by atoms with Crippen LogP contribution in [0.3, 0.4) is 0 Å². The summed E-state index contributed by atoms with van der Waals surface area (Å²) in [5, 5.41) is 2.83. The van der Waals surface area contributed by atoms with Crippen LogP contribution >= 0.6 is 0 Å². The topological polar surface area (TPSA) is 55.1 Å². The molecule has 0 aromatic carbocycles. The van der Waals surface area contributed by atoms with Crippen LogP contribution in [0.1, 0.15) is 23.7 Å². The zero-order valence-corrected chi connectivity index (χ0v) is 10.1. The number of nitrogens with one attached hydrogen (secondary N) is 1. The second-order valence-electron chi connectivity index (χ2n) is 4.67. The first kappa shape index (κ1) is 11.0. The monoisotopic (exact) mass is 242 g/mol. The molecule has 2 heterocycles. The number of carbonyl (C=O) groups excluding carboxylic acids is 1. The molecular weight excluding hydrogens is 228 g/mol. The highest BCUT2D eigenvalue weighted by Gasteiger charge is 2.45. The van der Waals surface area contributed by atoms with E-state index in [1.54, 1.807) is 12.5 Å². The fourth-order valence-corrected chi connectivity index (χ4v) is 2.06. The van der Waals surface area contributed by atoms with Crippen LogP contribution in [0, 0.1) is 12.8 Å². The summed E-state index contributed by atoms with van der Waals surface area (Å²) in [4.78, 5) is 16.1. The predicted octanol–water partition coefficient (Wildman–Crippen LogP) is 2.73. The molecule has 4 nitrogen and oxygen atoms in total. The van der Waals surface area contributed by atoms with Gasteiger partial charge in [-0.3, -0.25) is 4.79 Å². The van der Waals surface area contributed by atoms with Crippen molar-refractivity contribution in [2.45, 2.75) is 19.3 Å². The van der Waals surface area contributed by atoms with E-state index < -0.39 is 0 Å². The van der Waals surface area contributed by atoms with Gasteiger partial charge in [-0.25, -0.2) is 4.98 Å². The lowest BCUT2D eigenvalue weighted by Crippen LogP contribution is -2.15. The Labute approximate surface area is 105 Å². The highest BCUT2D eigenvalue weighted by atomic mass is 16.3. The van der Waals surface area contributed by atoms with E-state index >= 15 is 0 Å². The summed E-state index contributed by atoms with van der Waals surface area (Å²) in [6.45, 7) is 1.96. The number of aryl methyl sites for hydroxylation is 1. The van der Waals surface area contributed by atoms with Gasteiger partial charge in [-0.2, -0.15) is 0 Å². The lowest BCUT2D eigenvalue weighted by molar-refractivity contribution is -0.117. The number of pyridine rings is 1. The van der Waals surface area contributed by atoms with Gasteiger partial charge in [0.15, 0.2) is 0 Å². The molecule has 2 atom stereocenters. The third-order valence-corrected chi connectivity index (χ3v) is 3.20. The maximum Gasteiger partial charge on any atom is 0.229 e. The predicted molar refractivity (Wildman–Crippen MR) is 67.2 cm³/mol. The summed E-state index contributed by atoms with van der Waals surface area (Å²) in [6.07, 6.45) is 4.24. The Hall–Kier alpha value is -2.10. The van der Waals surface area contributed by atoms with E-state index in [0.717, 1.165) is 17.7 Å². The Balaban J connectivity index is 1.62. The highest BCUT2D eigenvalue weighted by Crippen LogP contribution is 2.48. The first-order valence-corrected chi connectivity index (χ1v) is 6.01. The quantitative estimate of drug-likeness (QED) is 0.900. The molecule has 1 aliphatic rings. The van der Waals surface area contributed by atoms with Crippen LogP contribution in [0.15, 0.2) is 41.1 Å². The van der Waals surface area contributed by atoms with E-state index in [4.69, 9.17) is 4.42 Å². The van der Waals surface area contributed by atoms with Crippen molar-refractivity contribution in [2.24, 2.45) is 5.92 Å². The molecule has 0 unspecified atom stereocenters. The van der Waals surface area contributed by atoms with E-state index in [1.807, 2.05) is 31.2 Å². The van der Waals surface area contributed by atoms with E-state index in [1.165, 1.54) is 0 Å². The molecule has 4 heteroatoms. The van der Waals surface area contributed by atoms with Crippen LogP contribution < -0.4 is 5.32 Å². The van der Waals surface area contributed by atoms with Gasteiger partial charge in [-0.05, 0) is 37.1 Å². The van der Waals surface area contributed by atoms with Crippen molar-refractivity contribution < 1.29 is 9.21 Å². The van der Waals surface area contributed by atoms with Gasteiger partial charge < -0.3 is 9.73 Å². The smallest absolute Gasteiger partial charge is 0.229 e. The first-order valence-electron chi connectivity index (χ1n) is 6.01. The maximum atomic E-state index is 12.0. The van der Waals surface area contributed by atoms with Crippen LogP contribution in [0.2, 0.25) is 0 Å². The molecular formula is C14H14N2O2. The molecule has 1 fully saturated rings. The van der Waals surface area contributed by atoms with Crippen LogP contribution in [0.4, 0.5) is 5.82 Å². The number of hydrogen-bond acceptors (Lipinski definition) is 3. The first-order chi connectivity index (χ1) is 8.74. The van der Waals surface area contributed by atoms with Gasteiger partial charge >= 0.3 is 0 Å². The Morgan fingerprint density at radius 1 is 1.44 bits per heavy atom. The molecule has 18 heavy (non-hydrogen) atoms. The molecule has 1 amide bonds. The lowest BCUT2D eigenvalue weighted by Gasteiger charge is -2.03. The molecule has 2 aromatic rings.